The fourth-order valence-corrected chi connectivity index (χ4v) is 1.63. The van der Waals surface area contributed by atoms with Gasteiger partial charge in [0.15, 0.2) is 0 Å². The van der Waals surface area contributed by atoms with Gasteiger partial charge in [-0.05, 0) is 25.8 Å². The number of aliphatic hydroxyl groups is 1. The summed E-state index contributed by atoms with van der Waals surface area (Å²) in [4.78, 5) is 2.21. The summed E-state index contributed by atoms with van der Waals surface area (Å²) in [5.74, 6) is 0.752. The molecule has 60 valence electrons. The van der Waals surface area contributed by atoms with Crippen molar-refractivity contribution in [3.05, 3.63) is 0 Å². The predicted molar refractivity (Wildman–Crippen MR) is 41.9 cm³/mol. The van der Waals surface area contributed by atoms with Crippen LogP contribution >= 0.6 is 0 Å². The van der Waals surface area contributed by atoms with Crippen molar-refractivity contribution < 1.29 is 5.11 Å². The van der Waals surface area contributed by atoms with E-state index in [1.165, 1.54) is 6.42 Å². The third-order valence-electron chi connectivity index (χ3n) is 2.14. The molecule has 0 saturated carbocycles. The lowest BCUT2D eigenvalue weighted by atomic mass is 10.1. The van der Waals surface area contributed by atoms with Crippen molar-refractivity contribution in [3.8, 4) is 0 Å². The molecule has 0 aliphatic carbocycles. The van der Waals surface area contributed by atoms with Gasteiger partial charge in [-0.2, -0.15) is 0 Å². The second-order valence-corrected chi connectivity index (χ2v) is 3.56. The molecule has 0 radical (unpaired) electrons. The molecule has 0 aromatic rings. The van der Waals surface area contributed by atoms with E-state index in [1.54, 1.807) is 0 Å². The number of β-amino-alcohol motifs (C(OH)–C–C–N with tert-alkyl or cyclic N) is 1. The normalized spacial score (nSPS) is 37.5. The van der Waals surface area contributed by atoms with Gasteiger partial charge in [-0.25, -0.2) is 0 Å². The highest BCUT2D eigenvalue weighted by Gasteiger charge is 2.16. The van der Waals surface area contributed by atoms with Crippen LogP contribution in [0.4, 0.5) is 0 Å². The van der Waals surface area contributed by atoms with Gasteiger partial charge in [0.05, 0.1) is 6.10 Å². The molecule has 1 fully saturated rings. The maximum atomic E-state index is 9.34. The number of nitrogens with zero attached hydrogens (tertiary/aromatic N) is 1. The van der Waals surface area contributed by atoms with Crippen molar-refractivity contribution >= 4 is 0 Å². The average Bonchev–Trinajstić information content (AvgIpc) is 1.93. The number of likely N-dealkylation sites (N-methyl/N-ethyl adjacent to an activating group) is 1. The number of hydrogen-bond acceptors (Lipinski definition) is 2. The molecule has 0 aromatic heterocycles. The summed E-state index contributed by atoms with van der Waals surface area (Å²) in [5.41, 5.74) is 0. The fraction of sp³-hybridized carbons (Fsp3) is 1.00. The van der Waals surface area contributed by atoms with Crippen LogP contribution in [0.3, 0.4) is 0 Å². The monoisotopic (exact) mass is 143 g/mol. The van der Waals surface area contributed by atoms with E-state index in [9.17, 15) is 5.11 Å². The summed E-state index contributed by atoms with van der Waals surface area (Å²) in [6, 6.07) is 0. The zero-order chi connectivity index (χ0) is 7.56. The van der Waals surface area contributed by atoms with Crippen molar-refractivity contribution in [1.82, 2.24) is 4.90 Å². The van der Waals surface area contributed by atoms with E-state index >= 15 is 0 Å². The molecule has 10 heavy (non-hydrogen) atoms. The van der Waals surface area contributed by atoms with Crippen LogP contribution < -0.4 is 0 Å². The Morgan fingerprint density at radius 1 is 1.30 bits per heavy atom. The first-order chi connectivity index (χ1) is 4.68. The number of likely N-dealkylation sites (tertiary alicyclic amines) is 1. The molecule has 0 bridgehead atoms. The molecule has 1 heterocycles. The summed E-state index contributed by atoms with van der Waals surface area (Å²) in [6.07, 6.45) is 2.06. The van der Waals surface area contributed by atoms with Crippen LogP contribution in [0.1, 0.15) is 19.8 Å². The molecule has 2 heteroatoms. The second kappa shape index (κ2) is 3.35. The van der Waals surface area contributed by atoms with E-state index in [1.807, 2.05) is 0 Å². The molecule has 0 spiro atoms. The lowest BCUT2D eigenvalue weighted by Crippen LogP contribution is -2.28. The standard InChI is InChI=1S/C8H17NO/c1-7-3-4-8(10)6-9(2)5-7/h7-8,10H,3-6H2,1-2H3. The van der Waals surface area contributed by atoms with Crippen LogP contribution in [-0.4, -0.2) is 36.2 Å². The Hall–Kier alpha value is -0.0800. The fourth-order valence-electron chi connectivity index (χ4n) is 1.63. The van der Waals surface area contributed by atoms with Crippen molar-refractivity contribution in [2.24, 2.45) is 5.92 Å². The molecule has 1 aliphatic rings. The number of rotatable bonds is 0. The van der Waals surface area contributed by atoms with Gasteiger partial charge < -0.3 is 10.0 Å². The minimum Gasteiger partial charge on any atom is -0.392 e. The Kier molecular flexibility index (Phi) is 2.69. The van der Waals surface area contributed by atoms with Crippen LogP contribution in [0.2, 0.25) is 0 Å². The maximum Gasteiger partial charge on any atom is 0.0667 e. The van der Waals surface area contributed by atoms with Gasteiger partial charge in [0, 0.05) is 13.1 Å². The predicted octanol–water partition coefficient (Wildman–Crippen LogP) is 0.709. The first-order valence-corrected chi connectivity index (χ1v) is 4.05. The Labute approximate surface area is 62.8 Å². The van der Waals surface area contributed by atoms with Gasteiger partial charge in [-0.3, -0.25) is 0 Å². The quantitative estimate of drug-likeness (QED) is 0.540. The van der Waals surface area contributed by atoms with Gasteiger partial charge >= 0.3 is 0 Å². The van der Waals surface area contributed by atoms with Crippen LogP contribution in [0, 0.1) is 5.92 Å². The average molecular weight is 143 g/mol. The van der Waals surface area contributed by atoms with E-state index in [-0.39, 0.29) is 6.10 Å². The first-order valence-electron chi connectivity index (χ1n) is 4.05. The molecule has 0 amide bonds. The Morgan fingerprint density at radius 3 is 2.70 bits per heavy atom. The van der Waals surface area contributed by atoms with Crippen LogP contribution in [0.25, 0.3) is 0 Å². The van der Waals surface area contributed by atoms with Crippen molar-refractivity contribution in [3.63, 3.8) is 0 Å². The second-order valence-electron chi connectivity index (χ2n) is 3.56. The minimum absolute atomic E-state index is 0.0880. The van der Waals surface area contributed by atoms with Crippen LogP contribution in [-0.2, 0) is 0 Å². The van der Waals surface area contributed by atoms with Gasteiger partial charge in [0.25, 0.3) is 0 Å². The molecular formula is C8H17NO. The topological polar surface area (TPSA) is 23.5 Å². The van der Waals surface area contributed by atoms with E-state index in [2.05, 4.69) is 18.9 Å². The van der Waals surface area contributed by atoms with Crippen molar-refractivity contribution in [2.75, 3.05) is 20.1 Å². The van der Waals surface area contributed by atoms with Crippen molar-refractivity contribution in [2.45, 2.75) is 25.9 Å². The van der Waals surface area contributed by atoms with Gasteiger partial charge in [0.1, 0.15) is 0 Å². The summed E-state index contributed by atoms with van der Waals surface area (Å²) >= 11 is 0. The van der Waals surface area contributed by atoms with Crippen LogP contribution in [0.15, 0.2) is 0 Å². The third-order valence-corrected chi connectivity index (χ3v) is 2.14. The van der Waals surface area contributed by atoms with Gasteiger partial charge in [-0.1, -0.05) is 6.92 Å². The summed E-state index contributed by atoms with van der Waals surface area (Å²) in [7, 11) is 2.07. The Bertz CT molecular complexity index is 93.4. The minimum atomic E-state index is -0.0880. The Morgan fingerprint density at radius 2 is 2.00 bits per heavy atom. The molecular weight excluding hydrogens is 126 g/mol. The number of hydrogen-bond donors (Lipinski definition) is 1. The largest absolute Gasteiger partial charge is 0.392 e. The third kappa shape index (κ3) is 2.27. The zero-order valence-corrected chi connectivity index (χ0v) is 6.88. The zero-order valence-electron chi connectivity index (χ0n) is 6.88. The first kappa shape index (κ1) is 8.02. The van der Waals surface area contributed by atoms with E-state index in [0.717, 1.165) is 25.4 Å². The molecule has 0 aromatic carbocycles. The van der Waals surface area contributed by atoms with E-state index in [0.29, 0.717) is 0 Å². The summed E-state index contributed by atoms with van der Waals surface area (Å²) < 4.78 is 0. The lowest BCUT2D eigenvalue weighted by molar-refractivity contribution is 0.132. The Balaban J connectivity index is 2.38. The molecule has 2 nitrogen and oxygen atoms in total. The van der Waals surface area contributed by atoms with Crippen molar-refractivity contribution in [1.29, 1.82) is 0 Å². The molecule has 1 N–H and O–H groups in total. The van der Waals surface area contributed by atoms with E-state index < -0.39 is 0 Å². The number of aliphatic hydroxyl groups excluding tert-OH is 1. The smallest absolute Gasteiger partial charge is 0.0667 e. The highest BCUT2D eigenvalue weighted by atomic mass is 16.3. The van der Waals surface area contributed by atoms with E-state index in [4.69, 9.17) is 0 Å². The highest BCUT2D eigenvalue weighted by Crippen LogP contribution is 2.14. The molecule has 2 atom stereocenters. The summed E-state index contributed by atoms with van der Waals surface area (Å²) in [6.45, 7) is 4.23. The molecule has 2 unspecified atom stereocenters. The maximum absolute atomic E-state index is 9.34. The molecule has 1 aliphatic heterocycles. The van der Waals surface area contributed by atoms with Gasteiger partial charge in [-0.15, -0.1) is 0 Å². The summed E-state index contributed by atoms with van der Waals surface area (Å²) in [5, 5.41) is 9.34. The van der Waals surface area contributed by atoms with Crippen LogP contribution in [0.5, 0.6) is 0 Å². The lowest BCUT2D eigenvalue weighted by Gasteiger charge is -2.16. The van der Waals surface area contributed by atoms with Gasteiger partial charge in [0.2, 0.25) is 0 Å². The SMILES string of the molecule is CC1CCC(O)CN(C)C1. The molecule has 1 saturated heterocycles. The molecule has 1 rings (SSSR count). The highest BCUT2D eigenvalue weighted by molar-refractivity contribution is 4.70.